The van der Waals surface area contributed by atoms with Gasteiger partial charge in [-0.1, -0.05) is 32.1 Å². The number of allylic oxidation sites excluding steroid dienone is 6. The summed E-state index contributed by atoms with van der Waals surface area (Å²) in [5.74, 6) is 1.14. The molecule has 1 N–H and O–H groups in total. The SMILES string of the molecule is CC(=O)[C@@]1(O)CC[C@H]2[C@@H]3C=CC4=CC(=O)C(C)=C[C@]4(C)[C@H]3CC[C@@]21C. The number of Topliss-reactive ketones (excluding diaryl/α,β-unsaturated/α-hetero) is 1. The Bertz CT molecular complexity index is 757. The molecular formula is C22H28O3. The summed E-state index contributed by atoms with van der Waals surface area (Å²) in [6.45, 7) is 7.82. The van der Waals surface area contributed by atoms with E-state index in [1.54, 1.807) is 6.08 Å². The lowest BCUT2D eigenvalue weighted by molar-refractivity contribution is -0.155. The molecule has 4 aliphatic carbocycles. The highest BCUT2D eigenvalue weighted by Gasteiger charge is 2.64. The number of rotatable bonds is 1. The fourth-order valence-electron chi connectivity index (χ4n) is 6.54. The third-order valence-corrected chi connectivity index (χ3v) is 8.15. The molecule has 0 unspecified atom stereocenters. The van der Waals surface area contributed by atoms with Gasteiger partial charge in [-0.05, 0) is 74.5 Å². The van der Waals surface area contributed by atoms with E-state index in [-0.39, 0.29) is 22.4 Å². The fourth-order valence-corrected chi connectivity index (χ4v) is 6.54. The summed E-state index contributed by atoms with van der Waals surface area (Å²) < 4.78 is 0. The molecule has 0 bridgehead atoms. The van der Waals surface area contributed by atoms with Crippen LogP contribution in [0.1, 0.15) is 53.4 Å². The van der Waals surface area contributed by atoms with Crippen molar-refractivity contribution in [3.63, 3.8) is 0 Å². The van der Waals surface area contributed by atoms with E-state index in [4.69, 9.17) is 0 Å². The van der Waals surface area contributed by atoms with Gasteiger partial charge in [-0.3, -0.25) is 9.59 Å². The molecule has 2 fully saturated rings. The van der Waals surface area contributed by atoms with E-state index in [0.29, 0.717) is 24.2 Å². The quantitative estimate of drug-likeness (QED) is 0.790. The zero-order valence-corrected chi connectivity index (χ0v) is 15.6. The minimum absolute atomic E-state index is 0.0819. The molecule has 0 saturated heterocycles. The van der Waals surface area contributed by atoms with Crippen LogP contribution < -0.4 is 0 Å². The predicted molar refractivity (Wildman–Crippen MR) is 96.8 cm³/mol. The highest BCUT2D eigenvalue weighted by molar-refractivity contribution is 6.05. The van der Waals surface area contributed by atoms with Gasteiger partial charge in [0.25, 0.3) is 0 Å². The summed E-state index contributed by atoms with van der Waals surface area (Å²) in [4.78, 5) is 24.3. The zero-order valence-electron chi connectivity index (χ0n) is 15.6. The number of aliphatic hydroxyl groups is 1. The lowest BCUT2D eigenvalue weighted by atomic mass is 9.48. The lowest BCUT2D eigenvalue weighted by Crippen LogP contribution is -2.56. The topological polar surface area (TPSA) is 54.4 Å². The highest BCUT2D eigenvalue weighted by atomic mass is 16.3. The summed E-state index contributed by atoms with van der Waals surface area (Å²) >= 11 is 0. The van der Waals surface area contributed by atoms with Crippen molar-refractivity contribution in [3.8, 4) is 0 Å². The average Bonchev–Trinajstić information content (AvgIpc) is 2.82. The van der Waals surface area contributed by atoms with E-state index < -0.39 is 5.60 Å². The first kappa shape index (κ1) is 17.0. The van der Waals surface area contributed by atoms with Gasteiger partial charge in [0.2, 0.25) is 0 Å². The Morgan fingerprint density at radius 1 is 1.20 bits per heavy atom. The van der Waals surface area contributed by atoms with Crippen LogP contribution in [0.5, 0.6) is 0 Å². The summed E-state index contributed by atoms with van der Waals surface area (Å²) in [5.41, 5.74) is 0.316. The highest BCUT2D eigenvalue weighted by Crippen LogP contribution is 2.65. The minimum atomic E-state index is -1.18. The maximum absolute atomic E-state index is 12.2. The van der Waals surface area contributed by atoms with Crippen LogP contribution in [-0.2, 0) is 9.59 Å². The van der Waals surface area contributed by atoms with Gasteiger partial charge in [0.1, 0.15) is 5.60 Å². The van der Waals surface area contributed by atoms with E-state index in [9.17, 15) is 14.7 Å². The first-order chi connectivity index (χ1) is 11.6. The summed E-state index contributed by atoms with van der Waals surface area (Å²) in [7, 11) is 0. The number of carbonyl (C=O) groups excluding carboxylic acids is 2. The Kier molecular flexibility index (Phi) is 3.41. The van der Waals surface area contributed by atoms with Gasteiger partial charge in [-0.25, -0.2) is 0 Å². The van der Waals surface area contributed by atoms with E-state index in [2.05, 4.69) is 32.1 Å². The van der Waals surface area contributed by atoms with Gasteiger partial charge < -0.3 is 5.11 Å². The van der Waals surface area contributed by atoms with Gasteiger partial charge in [0, 0.05) is 10.8 Å². The first-order valence-corrected chi connectivity index (χ1v) is 9.51. The summed E-state index contributed by atoms with van der Waals surface area (Å²) in [6, 6.07) is 0. The van der Waals surface area contributed by atoms with Crippen molar-refractivity contribution < 1.29 is 14.7 Å². The van der Waals surface area contributed by atoms with Crippen LogP contribution in [0.25, 0.3) is 0 Å². The Labute approximate surface area is 149 Å². The van der Waals surface area contributed by atoms with E-state index >= 15 is 0 Å². The molecule has 0 aliphatic heterocycles. The molecular weight excluding hydrogens is 312 g/mol. The van der Waals surface area contributed by atoms with Gasteiger partial charge >= 0.3 is 0 Å². The fraction of sp³-hybridized carbons (Fsp3) is 0.636. The molecule has 0 spiro atoms. The predicted octanol–water partition coefficient (Wildman–Crippen LogP) is 3.78. The molecule has 25 heavy (non-hydrogen) atoms. The number of hydrogen-bond acceptors (Lipinski definition) is 3. The molecule has 6 atom stereocenters. The molecule has 0 aromatic carbocycles. The molecule has 2 saturated carbocycles. The Morgan fingerprint density at radius 3 is 2.56 bits per heavy atom. The van der Waals surface area contributed by atoms with E-state index in [1.165, 1.54) is 6.92 Å². The second kappa shape index (κ2) is 5.03. The average molecular weight is 340 g/mol. The second-order valence-electron chi connectivity index (χ2n) is 9.13. The number of fused-ring (bicyclic) bond motifs is 5. The zero-order chi connectivity index (χ0) is 18.2. The molecule has 134 valence electrons. The van der Waals surface area contributed by atoms with Gasteiger partial charge in [-0.15, -0.1) is 0 Å². The monoisotopic (exact) mass is 340 g/mol. The summed E-state index contributed by atoms with van der Waals surface area (Å²) in [5, 5.41) is 11.1. The van der Waals surface area contributed by atoms with Crippen LogP contribution in [0.15, 0.2) is 35.5 Å². The Balaban J connectivity index is 1.78. The Hall–Kier alpha value is -1.48. The van der Waals surface area contributed by atoms with Crippen LogP contribution in [0.3, 0.4) is 0 Å². The third kappa shape index (κ3) is 1.96. The molecule has 0 amide bonds. The van der Waals surface area contributed by atoms with Gasteiger partial charge in [0.15, 0.2) is 11.6 Å². The number of hydrogen-bond donors (Lipinski definition) is 1. The van der Waals surface area contributed by atoms with Crippen LogP contribution in [-0.4, -0.2) is 22.3 Å². The molecule has 3 nitrogen and oxygen atoms in total. The second-order valence-corrected chi connectivity index (χ2v) is 9.13. The Morgan fingerprint density at radius 2 is 1.88 bits per heavy atom. The first-order valence-electron chi connectivity index (χ1n) is 9.51. The molecule has 0 heterocycles. The van der Waals surface area contributed by atoms with Crippen LogP contribution in [0, 0.1) is 28.6 Å². The third-order valence-electron chi connectivity index (χ3n) is 8.15. The van der Waals surface area contributed by atoms with Crippen molar-refractivity contribution in [2.75, 3.05) is 0 Å². The molecule has 3 heteroatoms. The van der Waals surface area contributed by atoms with Crippen molar-refractivity contribution >= 4 is 11.6 Å². The molecule has 4 aliphatic rings. The minimum Gasteiger partial charge on any atom is -0.382 e. The van der Waals surface area contributed by atoms with Crippen molar-refractivity contribution in [3.05, 3.63) is 35.5 Å². The van der Waals surface area contributed by atoms with Crippen LogP contribution in [0.4, 0.5) is 0 Å². The van der Waals surface area contributed by atoms with E-state index in [0.717, 1.165) is 30.4 Å². The smallest absolute Gasteiger partial charge is 0.181 e. The maximum atomic E-state index is 12.2. The van der Waals surface area contributed by atoms with Crippen LogP contribution >= 0.6 is 0 Å². The molecule has 0 aromatic rings. The number of carbonyl (C=O) groups is 2. The standard InChI is InChI=1S/C22H28O3/c1-13-12-20(3)15(11-19(13)24)5-6-16-17(20)7-9-21(4)18(16)8-10-22(21,25)14(2)23/h5-6,11-12,16-18,25H,7-10H2,1-4H3/t16-,17+,18+,20+,21+,22+/m1/s1. The van der Waals surface area contributed by atoms with E-state index in [1.807, 2.05) is 6.92 Å². The van der Waals surface area contributed by atoms with Crippen molar-refractivity contribution in [2.24, 2.45) is 28.6 Å². The molecule has 4 rings (SSSR count). The normalized spacial score (nSPS) is 48.2. The van der Waals surface area contributed by atoms with Crippen molar-refractivity contribution in [2.45, 2.75) is 59.0 Å². The number of ketones is 2. The van der Waals surface area contributed by atoms with Gasteiger partial charge in [0.05, 0.1) is 0 Å². The van der Waals surface area contributed by atoms with Gasteiger partial charge in [-0.2, -0.15) is 0 Å². The van der Waals surface area contributed by atoms with Crippen LogP contribution in [0.2, 0.25) is 0 Å². The largest absolute Gasteiger partial charge is 0.382 e. The molecule has 0 aromatic heterocycles. The van der Waals surface area contributed by atoms with Crippen molar-refractivity contribution in [1.82, 2.24) is 0 Å². The summed E-state index contributed by atoms with van der Waals surface area (Å²) in [6.07, 6.45) is 11.7. The molecule has 0 radical (unpaired) electrons. The van der Waals surface area contributed by atoms with Crippen molar-refractivity contribution in [1.29, 1.82) is 0 Å². The lowest BCUT2D eigenvalue weighted by Gasteiger charge is -2.56. The maximum Gasteiger partial charge on any atom is 0.181 e.